The number of aromatic hydroxyl groups is 3. The molecule has 0 unspecified atom stereocenters. The number of nitrogens with two attached hydrogens (primary N) is 3. The van der Waals surface area contributed by atoms with Crippen LogP contribution < -0.4 is 17.2 Å². The van der Waals surface area contributed by atoms with E-state index in [4.69, 9.17) is 47.8 Å². The topological polar surface area (TPSA) is 251 Å². The van der Waals surface area contributed by atoms with Crippen molar-refractivity contribution < 1.29 is 80.6 Å². The molecule has 12 nitrogen and oxygen atoms in total. The SMILES string of the molecule is N[C@@H](Cc1ccc(O)cc1)C(=O)O.N[C@@H](Cc1ccc(O)cc1)C(=O)O.N[C@@H](Cc1ccc(O)cc1)C(=O)O.[La]. The normalized spacial score (nSPS) is 12.1. The molecular formula is C27H33LaN3O9. The minimum absolute atomic E-state index is 0. The van der Waals surface area contributed by atoms with E-state index >= 15 is 0 Å². The average Bonchev–Trinajstić information content (AvgIpc) is 2.88. The fourth-order valence-electron chi connectivity index (χ4n) is 2.92. The fourth-order valence-corrected chi connectivity index (χ4v) is 2.92. The molecule has 3 aromatic carbocycles. The number of carboxylic acids is 3. The molecule has 3 aromatic rings. The molecule has 0 fully saturated rings. The van der Waals surface area contributed by atoms with E-state index < -0.39 is 36.0 Å². The van der Waals surface area contributed by atoms with Crippen LogP contribution in [0.1, 0.15) is 16.7 Å². The predicted molar refractivity (Wildman–Crippen MR) is 142 cm³/mol. The van der Waals surface area contributed by atoms with Gasteiger partial charge in [-0.25, -0.2) is 0 Å². The Labute approximate surface area is 258 Å². The summed E-state index contributed by atoms with van der Waals surface area (Å²) in [6, 6.07) is 16.3. The first-order chi connectivity index (χ1) is 18.3. The third-order valence-corrected chi connectivity index (χ3v) is 5.13. The van der Waals surface area contributed by atoms with Crippen LogP contribution in [0.15, 0.2) is 72.8 Å². The van der Waals surface area contributed by atoms with E-state index in [1.165, 1.54) is 36.4 Å². The molecule has 0 aliphatic carbocycles. The first kappa shape index (κ1) is 36.5. The van der Waals surface area contributed by atoms with Crippen LogP contribution in [-0.2, 0) is 33.6 Å². The summed E-state index contributed by atoms with van der Waals surface area (Å²) >= 11 is 0. The minimum atomic E-state index is -1.02. The number of hydrogen-bond donors (Lipinski definition) is 9. The van der Waals surface area contributed by atoms with Gasteiger partial charge in [-0.1, -0.05) is 36.4 Å². The molecule has 12 N–H and O–H groups in total. The summed E-state index contributed by atoms with van der Waals surface area (Å²) in [5, 5.41) is 52.4. The summed E-state index contributed by atoms with van der Waals surface area (Å²) in [7, 11) is 0. The molecule has 213 valence electrons. The van der Waals surface area contributed by atoms with E-state index in [1.54, 1.807) is 36.4 Å². The van der Waals surface area contributed by atoms with Crippen molar-refractivity contribution in [3.8, 4) is 17.2 Å². The van der Waals surface area contributed by atoms with Crippen LogP contribution in [0.25, 0.3) is 0 Å². The molecule has 0 aliphatic rings. The Bertz CT molecular complexity index is 1040. The first-order valence-electron chi connectivity index (χ1n) is 11.6. The van der Waals surface area contributed by atoms with Crippen LogP contribution >= 0.6 is 0 Å². The molecule has 0 saturated heterocycles. The van der Waals surface area contributed by atoms with Crippen molar-refractivity contribution in [2.75, 3.05) is 0 Å². The molecule has 40 heavy (non-hydrogen) atoms. The van der Waals surface area contributed by atoms with Gasteiger partial charge in [0.2, 0.25) is 0 Å². The van der Waals surface area contributed by atoms with Crippen molar-refractivity contribution in [2.45, 2.75) is 37.4 Å². The second kappa shape index (κ2) is 18.8. The van der Waals surface area contributed by atoms with Crippen molar-refractivity contribution in [2.24, 2.45) is 17.2 Å². The number of carbonyl (C=O) groups is 3. The number of benzene rings is 3. The van der Waals surface area contributed by atoms with E-state index in [9.17, 15) is 14.4 Å². The second-order valence-corrected chi connectivity index (χ2v) is 8.45. The van der Waals surface area contributed by atoms with Gasteiger partial charge in [0.05, 0.1) is 0 Å². The maximum Gasteiger partial charge on any atom is 0.320 e. The zero-order chi connectivity index (χ0) is 29.5. The fraction of sp³-hybridized carbons (Fsp3) is 0.222. The summed E-state index contributed by atoms with van der Waals surface area (Å²) in [6.45, 7) is 0. The third-order valence-electron chi connectivity index (χ3n) is 5.13. The summed E-state index contributed by atoms with van der Waals surface area (Å²) in [6.07, 6.45) is 0.820. The Kier molecular flexibility index (Phi) is 17.1. The van der Waals surface area contributed by atoms with Crippen LogP contribution in [0.4, 0.5) is 0 Å². The van der Waals surface area contributed by atoms with Crippen molar-refractivity contribution >= 4 is 17.9 Å². The van der Waals surface area contributed by atoms with Crippen molar-refractivity contribution in [3.05, 3.63) is 89.5 Å². The number of rotatable bonds is 9. The van der Waals surface area contributed by atoms with Gasteiger partial charge in [-0.05, 0) is 72.4 Å². The Morgan fingerprint density at radius 1 is 0.475 bits per heavy atom. The minimum Gasteiger partial charge on any atom is -0.508 e. The Balaban J connectivity index is 0.000000563. The maximum atomic E-state index is 10.4. The number of hydrogen-bond acceptors (Lipinski definition) is 9. The van der Waals surface area contributed by atoms with Gasteiger partial charge in [-0.2, -0.15) is 0 Å². The van der Waals surface area contributed by atoms with Gasteiger partial charge in [0.1, 0.15) is 35.4 Å². The van der Waals surface area contributed by atoms with Crippen LogP contribution in [-0.4, -0.2) is 66.7 Å². The van der Waals surface area contributed by atoms with Crippen molar-refractivity contribution in [3.63, 3.8) is 0 Å². The van der Waals surface area contributed by atoms with Gasteiger partial charge in [0, 0.05) is 35.6 Å². The molecule has 0 aliphatic heterocycles. The molecule has 0 spiro atoms. The van der Waals surface area contributed by atoms with Crippen LogP contribution in [0.2, 0.25) is 0 Å². The monoisotopic (exact) mass is 682 g/mol. The van der Waals surface area contributed by atoms with Crippen molar-refractivity contribution in [1.82, 2.24) is 0 Å². The van der Waals surface area contributed by atoms with E-state index in [0.29, 0.717) is 0 Å². The standard InChI is InChI=1S/3C9H11NO3.La/c3*10-8(9(12)13)5-6-1-3-7(11)4-2-6;/h3*1-4,8,11H,5,10H2,(H,12,13);/t3*8-;/m000./s1. The van der Waals surface area contributed by atoms with Crippen LogP contribution in [0, 0.1) is 35.6 Å². The van der Waals surface area contributed by atoms with Crippen LogP contribution in [0.5, 0.6) is 17.2 Å². The molecule has 0 aromatic heterocycles. The molecule has 0 saturated carbocycles. The number of phenols is 3. The molecule has 13 heteroatoms. The van der Waals surface area contributed by atoms with Gasteiger partial charge in [0.15, 0.2) is 0 Å². The van der Waals surface area contributed by atoms with E-state index in [0.717, 1.165) is 16.7 Å². The Morgan fingerprint density at radius 3 is 0.800 bits per heavy atom. The number of carboxylic acid groups (broad SMARTS) is 3. The zero-order valence-electron chi connectivity index (χ0n) is 21.5. The third kappa shape index (κ3) is 15.2. The van der Waals surface area contributed by atoms with Gasteiger partial charge in [0.25, 0.3) is 0 Å². The quantitative estimate of drug-likeness (QED) is 0.154. The molecular weight excluding hydrogens is 649 g/mol. The zero-order valence-corrected chi connectivity index (χ0v) is 25.1. The van der Waals surface area contributed by atoms with Crippen molar-refractivity contribution in [1.29, 1.82) is 0 Å². The smallest absolute Gasteiger partial charge is 0.320 e. The summed E-state index contributed by atoms with van der Waals surface area (Å²) in [4.78, 5) is 31.2. The average molecular weight is 682 g/mol. The molecule has 1 radical (unpaired) electrons. The second-order valence-electron chi connectivity index (χ2n) is 8.45. The number of aliphatic carboxylic acids is 3. The van der Waals surface area contributed by atoms with Gasteiger partial charge >= 0.3 is 17.9 Å². The van der Waals surface area contributed by atoms with E-state index in [-0.39, 0.29) is 72.1 Å². The molecule has 3 rings (SSSR count). The van der Waals surface area contributed by atoms with Gasteiger partial charge < -0.3 is 47.8 Å². The molecule has 0 bridgehead atoms. The van der Waals surface area contributed by atoms with E-state index in [2.05, 4.69) is 0 Å². The Morgan fingerprint density at radius 2 is 0.650 bits per heavy atom. The summed E-state index contributed by atoms with van der Waals surface area (Å²) < 4.78 is 0. The van der Waals surface area contributed by atoms with E-state index in [1.807, 2.05) is 0 Å². The van der Waals surface area contributed by atoms with Crippen LogP contribution in [0.3, 0.4) is 0 Å². The molecule has 0 heterocycles. The first-order valence-corrected chi connectivity index (χ1v) is 11.6. The molecule has 0 amide bonds. The largest absolute Gasteiger partial charge is 0.508 e. The summed E-state index contributed by atoms with van der Waals surface area (Å²) in [5.74, 6) is -2.58. The number of phenolic OH excluding ortho intramolecular Hbond substituents is 3. The maximum absolute atomic E-state index is 10.4. The Hall–Kier alpha value is -3.46. The van der Waals surface area contributed by atoms with Gasteiger partial charge in [-0.15, -0.1) is 0 Å². The molecule has 3 atom stereocenters. The predicted octanol–water partition coefficient (Wildman–Crippen LogP) is 1.04. The van der Waals surface area contributed by atoms with Gasteiger partial charge in [-0.3, -0.25) is 14.4 Å². The summed E-state index contributed by atoms with van der Waals surface area (Å²) in [5.41, 5.74) is 18.4.